The zero-order valence-corrected chi connectivity index (χ0v) is 21.4. The summed E-state index contributed by atoms with van der Waals surface area (Å²) in [6.07, 6.45) is 14.5. The Labute approximate surface area is 222 Å². The Hall–Kier alpha value is -4.05. The number of anilines is 1. The van der Waals surface area contributed by atoms with Crippen molar-refractivity contribution in [1.29, 1.82) is 0 Å². The van der Waals surface area contributed by atoms with Crippen molar-refractivity contribution in [2.24, 2.45) is 17.8 Å². The number of benzene rings is 2. The minimum atomic E-state index is -0.754. The Balaban J connectivity index is 1.26. The SMILES string of the molecule is C#CCOc1ccc(/C=C2\C(=O)NC(=O)N(c3ccc(C45CC6CC(CC(C6)C4)C5)cc3)C2=O)cc1OC. The van der Waals surface area contributed by atoms with Gasteiger partial charge in [0.1, 0.15) is 12.2 Å². The number of hydrogen-bond donors (Lipinski definition) is 1. The number of ether oxygens (including phenoxy) is 2. The summed E-state index contributed by atoms with van der Waals surface area (Å²) in [4.78, 5) is 39.9. The number of amides is 4. The molecule has 0 aromatic heterocycles. The largest absolute Gasteiger partial charge is 0.493 e. The summed E-state index contributed by atoms with van der Waals surface area (Å²) in [6.45, 7) is 0.0798. The normalized spacial score (nSPS) is 28.8. The quantitative estimate of drug-likeness (QED) is 0.342. The fraction of sp³-hybridized carbons (Fsp3) is 0.387. The van der Waals surface area contributed by atoms with E-state index < -0.39 is 17.8 Å². The minimum absolute atomic E-state index is 0.0798. The monoisotopic (exact) mass is 510 g/mol. The number of carbonyl (C=O) groups is 3. The molecule has 0 unspecified atom stereocenters. The number of nitrogens with zero attached hydrogens (tertiary/aromatic N) is 1. The van der Waals surface area contributed by atoms with Crippen LogP contribution in [0.4, 0.5) is 10.5 Å². The highest BCUT2D eigenvalue weighted by atomic mass is 16.5. The van der Waals surface area contributed by atoms with Gasteiger partial charge in [0, 0.05) is 0 Å². The summed E-state index contributed by atoms with van der Waals surface area (Å²) in [5.74, 6) is 4.31. The van der Waals surface area contributed by atoms with Gasteiger partial charge in [-0.2, -0.15) is 0 Å². The molecule has 5 aliphatic rings. The lowest BCUT2D eigenvalue weighted by molar-refractivity contribution is -0.122. The van der Waals surface area contributed by atoms with Crippen LogP contribution in [0.1, 0.15) is 49.7 Å². The Kier molecular flexibility index (Phi) is 5.98. The fourth-order valence-corrected chi connectivity index (χ4v) is 7.50. The molecule has 5 fully saturated rings. The van der Waals surface area contributed by atoms with Gasteiger partial charge < -0.3 is 9.47 Å². The predicted octanol–water partition coefficient (Wildman–Crippen LogP) is 4.84. The van der Waals surface area contributed by atoms with Gasteiger partial charge in [0.25, 0.3) is 11.8 Å². The van der Waals surface area contributed by atoms with Crippen molar-refractivity contribution in [3.63, 3.8) is 0 Å². The summed E-state index contributed by atoms with van der Waals surface area (Å²) in [5, 5.41) is 2.30. The number of hydrogen-bond acceptors (Lipinski definition) is 5. The van der Waals surface area contributed by atoms with E-state index in [1.165, 1.54) is 57.3 Å². The lowest BCUT2D eigenvalue weighted by Gasteiger charge is -2.57. The molecule has 0 atom stereocenters. The van der Waals surface area contributed by atoms with Gasteiger partial charge in [-0.3, -0.25) is 14.9 Å². The average Bonchev–Trinajstić information content (AvgIpc) is 2.89. The number of methoxy groups -OCH3 is 1. The zero-order valence-electron chi connectivity index (χ0n) is 21.4. The van der Waals surface area contributed by atoms with Crippen LogP contribution in [0, 0.1) is 30.1 Å². The van der Waals surface area contributed by atoms with Crippen LogP contribution in [-0.4, -0.2) is 31.6 Å². The second kappa shape index (κ2) is 9.36. The van der Waals surface area contributed by atoms with Crippen LogP contribution in [0.15, 0.2) is 48.0 Å². The van der Waals surface area contributed by atoms with Crippen LogP contribution in [-0.2, 0) is 15.0 Å². The number of nitrogens with one attached hydrogen (secondary N) is 1. The van der Waals surface area contributed by atoms with Crippen LogP contribution < -0.4 is 19.7 Å². The van der Waals surface area contributed by atoms with Crippen molar-refractivity contribution < 1.29 is 23.9 Å². The highest BCUT2D eigenvalue weighted by molar-refractivity contribution is 6.39. The van der Waals surface area contributed by atoms with Crippen molar-refractivity contribution in [2.45, 2.75) is 43.9 Å². The van der Waals surface area contributed by atoms with Gasteiger partial charge in [0.05, 0.1) is 12.8 Å². The molecule has 7 nitrogen and oxygen atoms in total. The van der Waals surface area contributed by atoms with Gasteiger partial charge in [-0.15, -0.1) is 6.42 Å². The number of barbiturate groups is 1. The predicted molar refractivity (Wildman–Crippen MR) is 143 cm³/mol. The Morgan fingerprint density at radius 3 is 2.26 bits per heavy atom. The number of rotatable bonds is 6. The molecule has 1 N–H and O–H groups in total. The third kappa shape index (κ3) is 4.14. The summed E-state index contributed by atoms with van der Waals surface area (Å²) in [6, 6.07) is 12.0. The van der Waals surface area contributed by atoms with Gasteiger partial charge >= 0.3 is 6.03 Å². The van der Waals surface area contributed by atoms with Crippen molar-refractivity contribution in [2.75, 3.05) is 18.6 Å². The van der Waals surface area contributed by atoms with E-state index in [1.807, 2.05) is 12.1 Å². The third-order valence-electron chi connectivity index (χ3n) is 8.69. The molecule has 7 rings (SSSR count). The first-order valence-electron chi connectivity index (χ1n) is 13.2. The van der Waals surface area contributed by atoms with E-state index in [0.717, 1.165) is 22.7 Å². The summed E-state index contributed by atoms with van der Waals surface area (Å²) in [7, 11) is 1.49. The fourth-order valence-electron chi connectivity index (χ4n) is 7.50. The Morgan fingerprint density at radius 2 is 1.66 bits per heavy atom. The standard InChI is InChI=1S/C31H30N2O5/c1-3-10-38-26-9-4-19(15-27(26)37-2)14-25-28(34)32-30(36)33(29(25)35)24-7-5-23(6-8-24)31-16-20-11-21(17-31)13-22(12-20)18-31/h1,4-9,14-15,20-22H,10-13,16-18H2,2H3,(H,32,34,36)/b25-14+. The average molecular weight is 511 g/mol. The molecule has 4 amide bonds. The maximum atomic E-state index is 13.4. The molecule has 2 aromatic carbocycles. The first-order valence-corrected chi connectivity index (χ1v) is 13.2. The highest BCUT2D eigenvalue weighted by Gasteiger charge is 2.51. The lowest BCUT2D eigenvalue weighted by Crippen LogP contribution is -2.54. The van der Waals surface area contributed by atoms with Crippen LogP contribution in [0.25, 0.3) is 6.08 Å². The number of carbonyl (C=O) groups excluding carboxylic acids is 3. The van der Waals surface area contributed by atoms with Gasteiger partial charge in [-0.25, -0.2) is 9.69 Å². The summed E-state index contributed by atoms with van der Waals surface area (Å²) >= 11 is 0. The van der Waals surface area contributed by atoms with Crippen molar-refractivity contribution in [3.05, 3.63) is 59.2 Å². The third-order valence-corrected chi connectivity index (χ3v) is 8.69. The van der Waals surface area contributed by atoms with E-state index in [2.05, 4.69) is 23.4 Å². The first-order chi connectivity index (χ1) is 18.4. The smallest absolute Gasteiger partial charge is 0.335 e. The molecule has 4 aliphatic carbocycles. The van der Waals surface area contributed by atoms with E-state index in [9.17, 15) is 14.4 Å². The van der Waals surface area contributed by atoms with E-state index in [1.54, 1.807) is 18.2 Å². The van der Waals surface area contributed by atoms with Crippen molar-refractivity contribution in [1.82, 2.24) is 5.32 Å². The molecule has 0 radical (unpaired) electrons. The molecule has 194 valence electrons. The van der Waals surface area contributed by atoms with Gasteiger partial charge in [-0.1, -0.05) is 24.1 Å². The summed E-state index contributed by atoms with van der Waals surface area (Å²) < 4.78 is 10.8. The van der Waals surface area contributed by atoms with E-state index in [-0.39, 0.29) is 17.6 Å². The first kappa shape index (κ1) is 24.3. The molecule has 7 heteroatoms. The highest BCUT2D eigenvalue weighted by Crippen LogP contribution is 2.60. The lowest BCUT2D eigenvalue weighted by atomic mass is 9.48. The van der Waals surface area contributed by atoms with E-state index in [0.29, 0.717) is 22.7 Å². The molecule has 0 spiro atoms. The second-order valence-electron chi connectivity index (χ2n) is 11.1. The maximum absolute atomic E-state index is 13.4. The maximum Gasteiger partial charge on any atom is 0.335 e. The topological polar surface area (TPSA) is 84.9 Å². The number of imide groups is 2. The van der Waals surface area contributed by atoms with Gasteiger partial charge in [0.2, 0.25) is 0 Å². The van der Waals surface area contributed by atoms with Crippen LogP contribution in [0.3, 0.4) is 0 Å². The van der Waals surface area contributed by atoms with E-state index >= 15 is 0 Å². The van der Waals surface area contributed by atoms with Crippen LogP contribution in [0.5, 0.6) is 11.5 Å². The van der Waals surface area contributed by atoms with Crippen LogP contribution >= 0.6 is 0 Å². The Morgan fingerprint density at radius 1 is 1.00 bits per heavy atom. The zero-order chi connectivity index (χ0) is 26.4. The molecular weight excluding hydrogens is 480 g/mol. The van der Waals surface area contributed by atoms with Crippen molar-refractivity contribution >= 4 is 29.6 Å². The molecular formula is C31H30N2O5. The molecule has 2 aromatic rings. The second-order valence-corrected chi connectivity index (χ2v) is 11.1. The molecule has 1 saturated heterocycles. The summed E-state index contributed by atoms with van der Waals surface area (Å²) in [5.41, 5.74) is 2.36. The van der Waals surface area contributed by atoms with Gasteiger partial charge in [-0.05, 0) is 103 Å². The molecule has 4 bridgehead atoms. The molecule has 4 saturated carbocycles. The van der Waals surface area contributed by atoms with Crippen LogP contribution in [0.2, 0.25) is 0 Å². The number of urea groups is 1. The molecule has 1 heterocycles. The van der Waals surface area contributed by atoms with Crippen molar-refractivity contribution in [3.8, 4) is 23.8 Å². The van der Waals surface area contributed by atoms with Gasteiger partial charge in [0.15, 0.2) is 11.5 Å². The van der Waals surface area contributed by atoms with E-state index in [4.69, 9.17) is 15.9 Å². The molecule has 38 heavy (non-hydrogen) atoms. The number of terminal acetylenes is 1. The Bertz CT molecular complexity index is 1350. The minimum Gasteiger partial charge on any atom is -0.493 e. The molecule has 1 aliphatic heterocycles.